The Morgan fingerprint density at radius 1 is 1.25 bits per heavy atom. The molecule has 4 heteroatoms. The quantitative estimate of drug-likeness (QED) is 0.873. The number of amides is 1. The number of rotatable bonds is 3. The van der Waals surface area contributed by atoms with E-state index in [-0.39, 0.29) is 11.5 Å². The Hall–Kier alpha value is -2.36. The van der Waals surface area contributed by atoms with Gasteiger partial charge in [-0.1, -0.05) is 30.3 Å². The van der Waals surface area contributed by atoms with Crippen molar-refractivity contribution in [2.24, 2.45) is 0 Å². The van der Waals surface area contributed by atoms with Crippen molar-refractivity contribution in [1.82, 2.24) is 4.90 Å². The third-order valence-corrected chi connectivity index (χ3v) is 3.24. The lowest BCUT2D eigenvalue weighted by Crippen LogP contribution is -2.26. The second-order valence-electron chi connectivity index (χ2n) is 4.82. The van der Waals surface area contributed by atoms with E-state index >= 15 is 0 Å². The zero-order valence-electron chi connectivity index (χ0n) is 11.6. The van der Waals surface area contributed by atoms with Crippen LogP contribution in [0, 0.1) is 12.7 Å². The summed E-state index contributed by atoms with van der Waals surface area (Å²) in [6.07, 6.45) is 0. The number of benzene rings is 2. The van der Waals surface area contributed by atoms with Crippen LogP contribution in [0.15, 0.2) is 42.5 Å². The molecule has 0 aliphatic carbocycles. The van der Waals surface area contributed by atoms with E-state index in [0.717, 1.165) is 5.56 Å². The highest BCUT2D eigenvalue weighted by molar-refractivity contribution is 5.95. The van der Waals surface area contributed by atoms with Gasteiger partial charge in [0, 0.05) is 30.4 Å². The van der Waals surface area contributed by atoms with Gasteiger partial charge in [0.15, 0.2) is 0 Å². The maximum absolute atomic E-state index is 13.6. The molecular weight excluding hydrogens is 255 g/mol. The SMILES string of the molecule is Cc1c(N)cc(C(=O)N(C)Cc2ccccc2)cc1F. The van der Waals surface area contributed by atoms with E-state index in [0.29, 0.717) is 17.8 Å². The number of carbonyl (C=O) groups is 1. The summed E-state index contributed by atoms with van der Waals surface area (Å²) in [6, 6.07) is 12.4. The fourth-order valence-electron chi connectivity index (χ4n) is 1.97. The highest BCUT2D eigenvalue weighted by Gasteiger charge is 2.15. The van der Waals surface area contributed by atoms with Crippen LogP contribution in [0.3, 0.4) is 0 Å². The molecule has 0 aromatic heterocycles. The minimum atomic E-state index is -0.457. The monoisotopic (exact) mass is 272 g/mol. The van der Waals surface area contributed by atoms with Gasteiger partial charge in [0.25, 0.3) is 5.91 Å². The third kappa shape index (κ3) is 2.96. The van der Waals surface area contributed by atoms with Crippen molar-refractivity contribution >= 4 is 11.6 Å². The van der Waals surface area contributed by atoms with Gasteiger partial charge in [-0.05, 0) is 24.6 Å². The lowest BCUT2D eigenvalue weighted by molar-refractivity contribution is 0.0784. The number of hydrogen-bond acceptors (Lipinski definition) is 2. The van der Waals surface area contributed by atoms with E-state index in [1.165, 1.54) is 12.1 Å². The molecule has 2 N–H and O–H groups in total. The van der Waals surface area contributed by atoms with Crippen molar-refractivity contribution in [3.05, 3.63) is 65.0 Å². The summed E-state index contributed by atoms with van der Waals surface area (Å²) < 4.78 is 13.6. The second kappa shape index (κ2) is 5.74. The Morgan fingerprint density at radius 3 is 2.50 bits per heavy atom. The molecule has 0 radical (unpaired) electrons. The van der Waals surface area contributed by atoms with Crippen molar-refractivity contribution in [2.45, 2.75) is 13.5 Å². The molecule has 0 saturated carbocycles. The van der Waals surface area contributed by atoms with E-state index in [1.807, 2.05) is 30.3 Å². The van der Waals surface area contributed by atoms with Gasteiger partial charge in [-0.25, -0.2) is 4.39 Å². The minimum Gasteiger partial charge on any atom is -0.398 e. The van der Waals surface area contributed by atoms with Gasteiger partial charge in [0.2, 0.25) is 0 Å². The number of hydrogen-bond donors (Lipinski definition) is 1. The zero-order valence-corrected chi connectivity index (χ0v) is 11.6. The summed E-state index contributed by atoms with van der Waals surface area (Å²) in [5, 5.41) is 0. The van der Waals surface area contributed by atoms with Gasteiger partial charge in [-0.3, -0.25) is 4.79 Å². The van der Waals surface area contributed by atoms with Gasteiger partial charge in [0.05, 0.1) is 0 Å². The van der Waals surface area contributed by atoms with E-state index in [2.05, 4.69) is 0 Å². The van der Waals surface area contributed by atoms with Crippen molar-refractivity contribution < 1.29 is 9.18 Å². The van der Waals surface area contributed by atoms with Crippen molar-refractivity contribution in [3.8, 4) is 0 Å². The van der Waals surface area contributed by atoms with E-state index in [4.69, 9.17) is 5.73 Å². The molecule has 0 aliphatic heterocycles. The molecule has 0 heterocycles. The molecule has 0 bridgehead atoms. The lowest BCUT2D eigenvalue weighted by atomic mass is 10.1. The summed E-state index contributed by atoms with van der Waals surface area (Å²) in [5.74, 6) is -0.707. The zero-order chi connectivity index (χ0) is 14.7. The molecule has 3 nitrogen and oxygen atoms in total. The van der Waals surface area contributed by atoms with Crippen molar-refractivity contribution in [2.75, 3.05) is 12.8 Å². The summed E-state index contributed by atoms with van der Waals surface area (Å²) in [6.45, 7) is 2.06. The average molecular weight is 272 g/mol. The number of carbonyl (C=O) groups excluding carboxylic acids is 1. The molecule has 1 amide bonds. The summed E-state index contributed by atoms with van der Waals surface area (Å²) >= 11 is 0. The summed E-state index contributed by atoms with van der Waals surface area (Å²) in [4.78, 5) is 13.8. The third-order valence-electron chi connectivity index (χ3n) is 3.24. The number of anilines is 1. The van der Waals surface area contributed by atoms with E-state index in [9.17, 15) is 9.18 Å². The molecule has 2 aromatic rings. The molecule has 0 spiro atoms. The smallest absolute Gasteiger partial charge is 0.254 e. The van der Waals surface area contributed by atoms with E-state index in [1.54, 1.807) is 18.9 Å². The molecule has 0 fully saturated rings. The molecule has 20 heavy (non-hydrogen) atoms. The molecule has 0 aliphatic rings. The number of nitrogens with zero attached hydrogens (tertiary/aromatic N) is 1. The largest absolute Gasteiger partial charge is 0.398 e. The van der Waals surface area contributed by atoms with Gasteiger partial charge in [-0.15, -0.1) is 0 Å². The van der Waals surface area contributed by atoms with Crippen LogP contribution in [-0.2, 0) is 6.54 Å². The number of nitrogen functional groups attached to an aromatic ring is 1. The van der Waals surface area contributed by atoms with Crippen molar-refractivity contribution in [1.29, 1.82) is 0 Å². The molecule has 2 aromatic carbocycles. The maximum Gasteiger partial charge on any atom is 0.254 e. The Morgan fingerprint density at radius 2 is 1.90 bits per heavy atom. The first-order chi connectivity index (χ1) is 9.49. The van der Waals surface area contributed by atoms with Crippen LogP contribution in [0.25, 0.3) is 0 Å². The highest BCUT2D eigenvalue weighted by atomic mass is 19.1. The van der Waals surface area contributed by atoms with Crippen LogP contribution < -0.4 is 5.73 Å². The molecular formula is C16H17FN2O. The molecule has 104 valence electrons. The van der Waals surface area contributed by atoms with Crippen molar-refractivity contribution in [3.63, 3.8) is 0 Å². The molecule has 0 saturated heterocycles. The predicted molar refractivity (Wildman–Crippen MR) is 77.8 cm³/mol. The van der Waals surface area contributed by atoms with Crippen LogP contribution >= 0.6 is 0 Å². The van der Waals surface area contributed by atoms with Gasteiger partial charge in [0.1, 0.15) is 5.82 Å². The second-order valence-corrected chi connectivity index (χ2v) is 4.82. The molecule has 2 rings (SSSR count). The first-order valence-electron chi connectivity index (χ1n) is 6.34. The first-order valence-corrected chi connectivity index (χ1v) is 6.34. The summed E-state index contributed by atoms with van der Waals surface area (Å²) in [7, 11) is 1.68. The van der Waals surface area contributed by atoms with Crippen LogP contribution in [0.2, 0.25) is 0 Å². The highest BCUT2D eigenvalue weighted by Crippen LogP contribution is 2.19. The van der Waals surface area contributed by atoms with Crippen LogP contribution in [0.1, 0.15) is 21.5 Å². The van der Waals surface area contributed by atoms with Crippen LogP contribution in [0.5, 0.6) is 0 Å². The lowest BCUT2D eigenvalue weighted by Gasteiger charge is -2.18. The summed E-state index contributed by atoms with van der Waals surface area (Å²) in [5.41, 5.74) is 7.65. The fourth-order valence-corrected chi connectivity index (χ4v) is 1.97. The van der Waals surface area contributed by atoms with Crippen LogP contribution in [-0.4, -0.2) is 17.9 Å². The predicted octanol–water partition coefficient (Wildman–Crippen LogP) is 2.99. The van der Waals surface area contributed by atoms with E-state index < -0.39 is 5.82 Å². The number of halogens is 1. The van der Waals surface area contributed by atoms with Crippen LogP contribution in [0.4, 0.5) is 10.1 Å². The van der Waals surface area contributed by atoms with Gasteiger partial charge < -0.3 is 10.6 Å². The Balaban J connectivity index is 2.19. The van der Waals surface area contributed by atoms with Gasteiger partial charge in [-0.2, -0.15) is 0 Å². The Labute approximate surface area is 117 Å². The molecule has 0 atom stereocenters. The standard InChI is InChI=1S/C16H17FN2O/c1-11-14(17)8-13(9-15(11)18)16(20)19(2)10-12-6-4-3-5-7-12/h3-9H,10,18H2,1-2H3. The number of nitrogens with two attached hydrogens (primary N) is 1. The topological polar surface area (TPSA) is 46.3 Å². The fraction of sp³-hybridized carbons (Fsp3) is 0.188. The maximum atomic E-state index is 13.6. The minimum absolute atomic E-state index is 0.251. The van der Waals surface area contributed by atoms with Gasteiger partial charge >= 0.3 is 0 Å². The first kappa shape index (κ1) is 14.1. The molecule has 0 unspecified atom stereocenters. The normalized spacial score (nSPS) is 10.3. The average Bonchev–Trinajstić information content (AvgIpc) is 2.44. The Bertz CT molecular complexity index is 603. The Kier molecular flexibility index (Phi) is 4.03.